The number of likely N-dealkylation sites (N-methyl/N-ethyl adjacent to an activating group) is 1. The van der Waals surface area contributed by atoms with Crippen molar-refractivity contribution in [3.8, 4) is 0 Å². The summed E-state index contributed by atoms with van der Waals surface area (Å²) in [7, 11) is 4.28. The van der Waals surface area contributed by atoms with Gasteiger partial charge in [0.25, 0.3) is 0 Å². The number of piperazine rings is 1. The van der Waals surface area contributed by atoms with Gasteiger partial charge in [0.1, 0.15) is 5.70 Å². The number of hydrogen-bond acceptors (Lipinski definition) is 7. The molecule has 0 saturated carbocycles. The number of nitrogens with zero attached hydrogens (tertiary/aromatic N) is 3. The molecule has 0 unspecified atom stereocenters. The monoisotopic (exact) mass is 465 g/mol. The van der Waals surface area contributed by atoms with E-state index >= 15 is 0 Å². The highest BCUT2D eigenvalue weighted by molar-refractivity contribution is 6.05. The first-order chi connectivity index (χ1) is 15.6. The van der Waals surface area contributed by atoms with Crippen molar-refractivity contribution in [1.29, 1.82) is 0 Å². The molecule has 2 aliphatic rings. The van der Waals surface area contributed by atoms with E-state index in [9.17, 15) is 22.8 Å². The third kappa shape index (κ3) is 5.82. The van der Waals surface area contributed by atoms with E-state index in [0.29, 0.717) is 12.1 Å². The smallest absolute Gasteiger partial charge is 0.416 e. The topological polar surface area (TPSA) is 62.3 Å². The predicted octanol–water partition coefficient (Wildman–Crippen LogP) is 2.94. The van der Waals surface area contributed by atoms with Gasteiger partial charge in [0.05, 0.1) is 25.4 Å². The molecule has 0 aliphatic carbocycles. The van der Waals surface area contributed by atoms with Crippen molar-refractivity contribution in [1.82, 2.24) is 9.80 Å². The minimum absolute atomic E-state index is 0.0794. The summed E-state index contributed by atoms with van der Waals surface area (Å²) < 4.78 is 50.9. The molecule has 1 fully saturated rings. The van der Waals surface area contributed by atoms with E-state index in [-0.39, 0.29) is 17.0 Å². The number of carbonyl (C=O) groups is 2. The Morgan fingerprint density at radius 3 is 2.24 bits per heavy atom. The van der Waals surface area contributed by atoms with Crippen molar-refractivity contribution in [3.63, 3.8) is 0 Å². The summed E-state index contributed by atoms with van der Waals surface area (Å²) >= 11 is 0. The van der Waals surface area contributed by atoms with E-state index in [1.165, 1.54) is 29.3 Å². The van der Waals surface area contributed by atoms with Crippen LogP contribution in [0.5, 0.6) is 0 Å². The fourth-order valence-electron chi connectivity index (χ4n) is 3.70. The molecule has 0 bridgehead atoms. The third-order valence-electron chi connectivity index (χ3n) is 5.47. The lowest BCUT2D eigenvalue weighted by molar-refractivity contribution is -0.139. The first-order valence-electron chi connectivity index (χ1n) is 10.3. The average Bonchev–Trinajstić information content (AvgIpc) is 3.02. The van der Waals surface area contributed by atoms with Gasteiger partial charge in [0, 0.05) is 44.6 Å². The van der Waals surface area contributed by atoms with Crippen LogP contribution in [-0.2, 0) is 31.8 Å². The van der Waals surface area contributed by atoms with Crippen LogP contribution in [0, 0.1) is 0 Å². The number of ether oxygens (including phenoxy) is 2. The largest absolute Gasteiger partial charge is 0.465 e. The highest BCUT2D eigenvalue weighted by Crippen LogP contribution is 2.35. The van der Waals surface area contributed by atoms with Crippen molar-refractivity contribution >= 4 is 17.6 Å². The summed E-state index contributed by atoms with van der Waals surface area (Å²) in [6, 6.07) is 3.65. The summed E-state index contributed by atoms with van der Waals surface area (Å²) in [5, 5.41) is 0. The Kier molecular flexibility index (Phi) is 7.60. The van der Waals surface area contributed by atoms with Crippen molar-refractivity contribution in [2.45, 2.75) is 12.7 Å². The number of anilines is 1. The van der Waals surface area contributed by atoms with Crippen LogP contribution in [0.4, 0.5) is 18.9 Å². The molecule has 1 saturated heterocycles. The number of rotatable bonds is 5. The molecular weight excluding hydrogens is 439 g/mol. The Balaban J connectivity index is 2.10. The maximum absolute atomic E-state index is 13.8. The second-order valence-corrected chi connectivity index (χ2v) is 7.78. The SMILES string of the molecule is COC(=O)C1=C(C(=O)OC)N(c2cc(CN3CCN(C)CC3)cc(C(F)(F)F)c2)C=CC=C1. The fraction of sp³-hybridized carbons (Fsp3) is 0.391. The number of alkyl halides is 3. The van der Waals surface area contributed by atoms with E-state index in [1.54, 1.807) is 6.07 Å². The van der Waals surface area contributed by atoms with E-state index in [2.05, 4.69) is 9.80 Å². The van der Waals surface area contributed by atoms with Crippen LogP contribution in [0.3, 0.4) is 0 Å². The summed E-state index contributed by atoms with van der Waals surface area (Å²) in [6.07, 6.45) is 1.18. The minimum Gasteiger partial charge on any atom is -0.465 e. The number of carbonyl (C=O) groups excluding carboxylic acids is 2. The van der Waals surface area contributed by atoms with Crippen LogP contribution in [0.15, 0.2) is 53.9 Å². The quantitative estimate of drug-likeness (QED) is 0.620. The van der Waals surface area contributed by atoms with Gasteiger partial charge in [0.15, 0.2) is 0 Å². The van der Waals surface area contributed by atoms with Crippen LogP contribution in [0.25, 0.3) is 0 Å². The highest BCUT2D eigenvalue weighted by Gasteiger charge is 2.34. The third-order valence-corrected chi connectivity index (χ3v) is 5.47. The molecule has 10 heteroatoms. The molecule has 178 valence electrons. The summed E-state index contributed by atoms with van der Waals surface area (Å²) in [6.45, 7) is 3.43. The molecule has 7 nitrogen and oxygen atoms in total. The maximum atomic E-state index is 13.8. The molecule has 0 atom stereocenters. The van der Waals surface area contributed by atoms with E-state index in [0.717, 1.165) is 52.5 Å². The van der Waals surface area contributed by atoms with Gasteiger partial charge in [0.2, 0.25) is 0 Å². The molecule has 1 aromatic carbocycles. The Labute approximate surface area is 190 Å². The molecule has 2 aliphatic heterocycles. The Morgan fingerprint density at radius 1 is 0.970 bits per heavy atom. The van der Waals surface area contributed by atoms with E-state index in [4.69, 9.17) is 9.47 Å². The molecule has 0 N–H and O–H groups in total. The first-order valence-corrected chi connectivity index (χ1v) is 10.3. The van der Waals surface area contributed by atoms with Gasteiger partial charge in [-0.15, -0.1) is 0 Å². The number of allylic oxidation sites excluding steroid dienone is 2. The first kappa shape index (κ1) is 24.5. The average molecular weight is 465 g/mol. The molecule has 0 aromatic heterocycles. The number of halogens is 3. The molecule has 1 aromatic rings. The summed E-state index contributed by atoms with van der Waals surface area (Å²) in [4.78, 5) is 30.4. The van der Waals surface area contributed by atoms with Gasteiger partial charge in [-0.3, -0.25) is 4.90 Å². The van der Waals surface area contributed by atoms with Gasteiger partial charge in [-0.05, 0) is 43.0 Å². The molecule has 3 rings (SSSR count). The lowest BCUT2D eigenvalue weighted by atomic mass is 10.1. The van der Waals surface area contributed by atoms with Gasteiger partial charge in [-0.1, -0.05) is 6.08 Å². The number of benzene rings is 1. The second kappa shape index (κ2) is 10.2. The minimum atomic E-state index is -4.60. The fourth-order valence-corrected chi connectivity index (χ4v) is 3.70. The van der Waals surface area contributed by atoms with E-state index in [1.807, 2.05) is 7.05 Å². The maximum Gasteiger partial charge on any atom is 0.416 e. The standard InChI is InChI=1S/C23H26F3N3O4/c1-27-8-10-28(11-9-27)15-16-12-17(23(24,25)26)14-18(13-16)29-7-5-4-6-19(21(30)32-2)20(29)22(31)33-3/h4-7,12-14H,8-11,15H2,1-3H3. The van der Waals surface area contributed by atoms with Gasteiger partial charge in [-0.2, -0.15) is 13.2 Å². The number of methoxy groups -OCH3 is 2. The number of esters is 2. The molecule has 33 heavy (non-hydrogen) atoms. The van der Waals surface area contributed by atoms with Gasteiger partial charge >= 0.3 is 18.1 Å². The predicted molar refractivity (Wildman–Crippen MR) is 116 cm³/mol. The lowest BCUT2D eigenvalue weighted by Crippen LogP contribution is -2.43. The Morgan fingerprint density at radius 2 is 1.64 bits per heavy atom. The van der Waals surface area contributed by atoms with Crippen molar-refractivity contribution in [2.75, 3.05) is 52.3 Å². The van der Waals surface area contributed by atoms with Gasteiger partial charge in [-0.25, -0.2) is 9.59 Å². The lowest BCUT2D eigenvalue weighted by Gasteiger charge is -2.32. The zero-order valence-corrected chi connectivity index (χ0v) is 18.7. The molecule has 2 heterocycles. The number of hydrogen-bond donors (Lipinski definition) is 0. The Bertz CT molecular complexity index is 993. The van der Waals surface area contributed by atoms with Crippen LogP contribution < -0.4 is 4.90 Å². The van der Waals surface area contributed by atoms with Crippen LogP contribution in [0.2, 0.25) is 0 Å². The van der Waals surface area contributed by atoms with Crippen molar-refractivity contribution < 1.29 is 32.2 Å². The summed E-state index contributed by atoms with van der Waals surface area (Å²) in [5.74, 6) is -1.70. The zero-order chi connectivity index (χ0) is 24.2. The normalized spacial score (nSPS) is 17.8. The molecule has 0 amide bonds. The highest BCUT2D eigenvalue weighted by atomic mass is 19.4. The zero-order valence-electron chi connectivity index (χ0n) is 18.7. The molecule has 0 spiro atoms. The van der Waals surface area contributed by atoms with E-state index < -0.39 is 23.7 Å². The van der Waals surface area contributed by atoms with Crippen molar-refractivity contribution in [3.05, 3.63) is 65.0 Å². The van der Waals surface area contributed by atoms with Crippen LogP contribution in [-0.4, -0.2) is 69.2 Å². The van der Waals surface area contributed by atoms with Crippen LogP contribution in [0.1, 0.15) is 11.1 Å². The summed E-state index contributed by atoms with van der Waals surface area (Å²) in [5.41, 5.74) is -0.695. The van der Waals surface area contributed by atoms with Gasteiger partial charge < -0.3 is 19.3 Å². The molecular formula is C23H26F3N3O4. The van der Waals surface area contributed by atoms with Crippen LogP contribution >= 0.6 is 0 Å². The van der Waals surface area contributed by atoms with Crippen molar-refractivity contribution in [2.24, 2.45) is 0 Å². The Hall–Kier alpha value is -3.11. The molecule has 0 radical (unpaired) electrons. The second-order valence-electron chi connectivity index (χ2n) is 7.78.